The fraction of sp³-hybridized carbons (Fsp3) is 0.0909. The van der Waals surface area contributed by atoms with E-state index in [1.165, 1.54) is 6.33 Å². The van der Waals surface area contributed by atoms with Crippen LogP contribution in [0.15, 0.2) is 29.0 Å². The maximum Gasteiger partial charge on any atom is 0.260 e. The van der Waals surface area contributed by atoms with Gasteiger partial charge in [-0.05, 0) is 18.2 Å². The third-order valence-electron chi connectivity index (χ3n) is 2.54. The minimum atomic E-state index is 0.294. The van der Waals surface area contributed by atoms with Gasteiger partial charge >= 0.3 is 0 Å². The minimum Gasteiger partial charge on any atom is -0.497 e. The van der Waals surface area contributed by atoms with Crippen molar-refractivity contribution >= 4 is 5.69 Å². The highest BCUT2D eigenvalue weighted by Gasteiger charge is 2.15. The van der Waals surface area contributed by atoms with Crippen LogP contribution in [0.1, 0.15) is 0 Å². The molecule has 2 aromatic heterocycles. The largest absolute Gasteiger partial charge is 0.497 e. The van der Waals surface area contributed by atoms with Gasteiger partial charge < -0.3 is 15.0 Å². The van der Waals surface area contributed by atoms with Crippen molar-refractivity contribution in [3.05, 3.63) is 24.5 Å². The molecule has 0 fully saturated rings. The van der Waals surface area contributed by atoms with Gasteiger partial charge in [0.15, 0.2) is 5.82 Å². The van der Waals surface area contributed by atoms with E-state index in [1.54, 1.807) is 25.3 Å². The molecule has 0 saturated heterocycles. The van der Waals surface area contributed by atoms with Gasteiger partial charge in [-0.25, -0.2) is 4.98 Å². The first-order valence-electron chi connectivity index (χ1n) is 5.41. The molecule has 3 N–H and O–H groups in total. The topological polar surface area (TPSA) is 116 Å². The number of hydrogen-bond donors (Lipinski definition) is 2. The first kappa shape index (κ1) is 11.2. The predicted molar refractivity (Wildman–Crippen MR) is 66.1 cm³/mol. The van der Waals surface area contributed by atoms with E-state index >= 15 is 0 Å². The number of ether oxygens (including phenoxy) is 1. The summed E-state index contributed by atoms with van der Waals surface area (Å²) in [6, 6.07) is 5.20. The summed E-state index contributed by atoms with van der Waals surface area (Å²) < 4.78 is 10.3. The van der Waals surface area contributed by atoms with E-state index in [0.717, 1.165) is 0 Å². The fourth-order valence-corrected chi connectivity index (χ4v) is 1.59. The van der Waals surface area contributed by atoms with Gasteiger partial charge in [0.05, 0.1) is 12.7 Å². The van der Waals surface area contributed by atoms with E-state index in [4.69, 9.17) is 15.0 Å². The van der Waals surface area contributed by atoms with E-state index in [0.29, 0.717) is 34.5 Å². The van der Waals surface area contributed by atoms with Crippen molar-refractivity contribution in [1.82, 2.24) is 25.3 Å². The second-order valence-corrected chi connectivity index (χ2v) is 3.71. The zero-order valence-corrected chi connectivity index (χ0v) is 9.99. The summed E-state index contributed by atoms with van der Waals surface area (Å²) >= 11 is 0. The molecule has 0 atom stereocenters. The molecule has 0 unspecified atom stereocenters. The molecule has 0 aliphatic carbocycles. The van der Waals surface area contributed by atoms with Crippen molar-refractivity contribution in [2.75, 3.05) is 12.8 Å². The van der Waals surface area contributed by atoms with Crippen LogP contribution in [0.2, 0.25) is 0 Å². The van der Waals surface area contributed by atoms with Gasteiger partial charge in [0.1, 0.15) is 12.1 Å². The first-order valence-corrected chi connectivity index (χ1v) is 5.41. The number of aromatic nitrogens is 5. The van der Waals surface area contributed by atoms with Crippen LogP contribution >= 0.6 is 0 Å². The van der Waals surface area contributed by atoms with Crippen LogP contribution in [0.25, 0.3) is 23.1 Å². The molecule has 0 saturated carbocycles. The molecule has 3 aromatic rings. The number of benzene rings is 1. The van der Waals surface area contributed by atoms with Gasteiger partial charge in [-0.2, -0.15) is 10.1 Å². The summed E-state index contributed by atoms with van der Waals surface area (Å²) in [6.45, 7) is 0. The average Bonchev–Trinajstić information content (AvgIpc) is 3.10. The standard InChI is InChI=1S/C11H10N6O2/c1-18-6-2-3-8(12)7(4-6)11-15-10(17-19-11)9-13-5-14-16-9/h2-5H,12H2,1H3,(H,13,14,16). The lowest BCUT2D eigenvalue weighted by atomic mass is 10.1. The molecule has 2 heterocycles. The van der Waals surface area contributed by atoms with Crippen LogP contribution in [-0.4, -0.2) is 32.4 Å². The van der Waals surface area contributed by atoms with Gasteiger partial charge in [0, 0.05) is 5.69 Å². The molecule has 0 aliphatic rings. The van der Waals surface area contributed by atoms with Crippen LogP contribution in [0.4, 0.5) is 5.69 Å². The molecule has 96 valence electrons. The Morgan fingerprint density at radius 2 is 2.26 bits per heavy atom. The molecule has 3 rings (SSSR count). The number of anilines is 1. The molecule has 0 spiro atoms. The summed E-state index contributed by atoms with van der Waals surface area (Å²) in [4.78, 5) is 8.15. The Labute approximate surface area is 107 Å². The summed E-state index contributed by atoms with van der Waals surface area (Å²) in [5, 5.41) is 10.2. The maximum absolute atomic E-state index is 5.88. The Kier molecular flexibility index (Phi) is 2.60. The number of rotatable bonds is 3. The highest BCUT2D eigenvalue weighted by atomic mass is 16.5. The normalized spacial score (nSPS) is 10.6. The number of nitrogens with zero attached hydrogens (tertiary/aromatic N) is 4. The molecule has 0 aliphatic heterocycles. The number of aromatic amines is 1. The number of nitrogens with one attached hydrogen (secondary N) is 1. The Balaban J connectivity index is 2.03. The van der Waals surface area contributed by atoms with Crippen LogP contribution < -0.4 is 10.5 Å². The van der Waals surface area contributed by atoms with E-state index < -0.39 is 0 Å². The van der Waals surface area contributed by atoms with Crippen LogP contribution in [0.3, 0.4) is 0 Å². The van der Waals surface area contributed by atoms with Gasteiger partial charge in [-0.3, -0.25) is 5.10 Å². The lowest BCUT2D eigenvalue weighted by Crippen LogP contribution is -1.92. The monoisotopic (exact) mass is 258 g/mol. The van der Waals surface area contributed by atoms with E-state index in [2.05, 4.69) is 25.3 Å². The van der Waals surface area contributed by atoms with Crippen molar-refractivity contribution < 1.29 is 9.26 Å². The highest BCUT2D eigenvalue weighted by molar-refractivity contribution is 5.72. The van der Waals surface area contributed by atoms with E-state index in [-0.39, 0.29) is 0 Å². The Hall–Kier alpha value is -2.90. The summed E-state index contributed by atoms with van der Waals surface area (Å²) in [6.07, 6.45) is 1.37. The van der Waals surface area contributed by atoms with Gasteiger partial charge in [0.2, 0.25) is 5.82 Å². The molecule has 0 amide bonds. The van der Waals surface area contributed by atoms with E-state index in [9.17, 15) is 0 Å². The predicted octanol–water partition coefficient (Wildman–Crippen LogP) is 1.11. The molecular weight excluding hydrogens is 248 g/mol. The third-order valence-corrected chi connectivity index (χ3v) is 2.54. The molecule has 1 aromatic carbocycles. The van der Waals surface area contributed by atoms with Crippen LogP contribution in [0, 0.1) is 0 Å². The lowest BCUT2D eigenvalue weighted by molar-refractivity contribution is 0.413. The molecule has 0 radical (unpaired) electrons. The smallest absolute Gasteiger partial charge is 0.260 e. The number of H-pyrrole nitrogens is 1. The van der Waals surface area contributed by atoms with Crippen molar-refractivity contribution in [2.24, 2.45) is 0 Å². The second-order valence-electron chi connectivity index (χ2n) is 3.71. The third kappa shape index (κ3) is 1.99. The van der Waals surface area contributed by atoms with E-state index in [1.807, 2.05) is 0 Å². The molecule has 8 nitrogen and oxygen atoms in total. The SMILES string of the molecule is COc1ccc(N)c(-c2nc(-c3ncn[nH]3)no2)c1. The van der Waals surface area contributed by atoms with Gasteiger partial charge in [-0.15, -0.1) is 0 Å². The van der Waals surface area contributed by atoms with Crippen molar-refractivity contribution in [1.29, 1.82) is 0 Å². The molecule has 0 bridgehead atoms. The van der Waals surface area contributed by atoms with Crippen LogP contribution in [-0.2, 0) is 0 Å². The maximum atomic E-state index is 5.88. The molecule has 8 heteroatoms. The zero-order chi connectivity index (χ0) is 13.2. The minimum absolute atomic E-state index is 0.294. The number of methoxy groups -OCH3 is 1. The number of nitrogen functional groups attached to an aromatic ring is 1. The number of nitrogens with two attached hydrogens (primary N) is 1. The van der Waals surface area contributed by atoms with Crippen molar-refractivity contribution in [3.8, 4) is 28.9 Å². The summed E-state index contributed by atoms with van der Waals surface area (Å²) in [7, 11) is 1.57. The summed E-state index contributed by atoms with van der Waals surface area (Å²) in [5.41, 5.74) is 7.02. The van der Waals surface area contributed by atoms with Gasteiger partial charge in [-0.1, -0.05) is 5.16 Å². The Morgan fingerprint density at radius 3 is 3.00 bits per heavy atom. The van der Waals surface area contributed by atoms with Crippen molar-refractivity contribution in [3.63, 3.8) is 0 Å². The molecular formula is C11H10N6O2. The Morgan fingerprint density at radius 1 is 1.37 bits per heavy atom. The van der Waals surface area contributed by atoms with Crippen molar-refractivity contribution in [2.45, 2.75) is 0 Å². The average molecular weight is 258 g/mol. The quantitative estimate of drug-likeness (QED) is 0.676. The second kappa shape index (κ2) is 4.41. The highest BCUT2D eigenvalue weighted by Crippen LogP contribution is 2.29. The Bertz CT molecular complexity index is 691. The zero-order valence-electron chi connectivity index (χ0n) is 9.99. The van der Waals surface area contributed by atoms with Crippen LogP contribution in [0.5, 0.6) is 5.75 Å². The van der Waals surface area contributed by atoms with Gasteiger partial charge in [0.25, 0.3) is 5.89 Å². The molecule has 19 heavy (non-hydrogen) atoms. The first-order chi connectivity index (χ1) is 9.28. The number of hydrogen-bond acceptors (Lipinski definition) is 7. The fourth-order valence-electron chi connectivity index (χ4n) is 1.59. The lowest BCUT2D eigenvalue weighted by Gasteiger charge is -2.03. The summed E-state index contributed by atoms with van der Waals surface area (Å²) in [5.74, 6) is 1.69.